The molecule has 0 aliphatic carbocycles. The summed E-state index contributed by atoms with van der Waals surface area (Å²) < 4.78 is 24.8. The molecule has 2 fully saturated rings. The van der Waals surface area contributed by atoms with Crippen LogP contribution >= 0.6 is 0 Å². The van der Waals surface area contributed by atoms with Crippen LogP contribution in [0.5, 0.6) is 0 Å². The molecular weight excluding hydrogens is 318 g/mol. The van der Waals surface area contributed by atoms with Crippen LogP contribution in [0.4, 0.5) is 4.79 Å². The van der Waals surface area contributed by atoms with E-state index in [4.69, 9.17) is 0 Å². The minimum absolute atomic E-state index is 0.126. The molecule has 0 aromatic rings. The van der Waals surface area contributed by atoms with Gasteiger partial charge in [0.1, 0.15) is 0 Å². The number of carbonyl (C=O) groups is 1. The lowest BCUT2D eigenvalue weighted by molar-refractivity contribution is 0.114. The Kier molecular flexibility index (Phi) is 6.24. The van der Waals surface area contributed by atoms with Crippen molar-refractivity contribution in [1.29, 1.82) is 0 Å². The molecule has 2 aliphatic heterocycles. The molecule has 134 valence electrons. The van der Waals surface area contributed by atoms with Gasteiger partial charge in [-0.05, 0) is 26.9 Å². The SMILES string of the molecule is CN1CCN(C)C(CNC(=O)NC[C@H]2CCCN2S(C)(=O)=O)C1. The van der Waals surface area contributed by atoms with Crippen LogP contribution < -0.4 is 10.6 Å². The number of rotatable bonds is 5. The third kappa shape index (κ3) is 5.30. The maximum atomic E-state index is 12.0. The van der Waals surface area contributed by atoms with E-state index in [1.807, 2.05) is 0 Å². The van der Waals surface area contributed by atoms with Gasteiger partial charge in [0.25, 0.3) is 0 Å². The highest BCUT2D eigenvalue weighted by atomic mass is 32.2. The lowest BCUT2D eigenvalue weighted by Gasteiger charge is -2.37. The predicted molar refractivity (Wildman–Crippen MR) is 89.9 cm³/mol. The number of nitrogens with zero attached hydrogens (tertiary/aromatic N) is 3. The molecule has 0 aromatic heterocycles. The Labute approximate surface area is 139 Å². The van der Waals surface area contributed by atoms with Crippen molar-refractivity contribution in [3.8, 4) is 0 Å². The zero-order valence-electron chi connectivity index (χ0n) is 14.3. The summed E-state index contributed by atoms with van der Waals surface area (Å²) in [5.74, 6) is 0. The maximum Gasteiger partial charge on any atom is 0.314 e. The van der Waals surface area contributed by atoms with Crippen molar-refractivity contribution in [3.05, 3.63) is 0 Å². The molecule has 8 nitrogen and oxygen atoms in total. The van der Waals surface area contributed by atoms with Gasteiger partial charge in [-0.1, -0.05) is 0 Å². The zero-order valence-corrected chi connectivity index (χ0v) is 15.1. The number of hydrogen-bond donors (Lipinski definition) is 2. The Morgan fingerprint density at radius 1 is 1.09 bits per heavy atom. The van der Waals surface area contributed by atoms with Crippen molar-refractivity contribution in [1.82, 2.24) is 24.7 Å². The Morgan fingerprint density at radius 3 is 2.39 bits per heavy atom. The van der Waals surface area contributed by atoms with Crippen molar-refractivity contribution < 1.29 is 13.2 Å². The monoisotopic (exact) mass is 347 g/mol. The maximum absolute atomic E-state index is 12.0. The van der Waals surface area contributed by atoms with E-state index in [2.05, 4.69) is 34.5 Å². The molecule has 1 unspecified atom stereocenters. The molecule has 23 heavy (non-hydrogen) atoms. The average molecular weight is 347 g/mol. The third-order valence-corrected chi connectivity index (χ3v) is 6.06. The van der Waals surface area contributed by atoms with Crippen LogP contribution in [0.25, 0.3) is 0 Å². The van der Waals surface area contributed by atoms with Gasteiger partial charge in [0.2, 0.25) is 10.0 Å². The number of sulfonamides is 1. The first-order valence-corrected chi connectivity index (χ1v) is 9.99. The number of piperazine rings is 1. The normalized spacial score (nSPS) is 28.0. The lowest BCUT2D eigenvalue weighted by Crippen LogP contribution is -2.55. The predicted octanol–water partition coefficient (Wildman–Crippen LogP) is -1.04. The van der Waals surface area contributed by atoms with Gasteiger partial charge in [-0.2, -0.15) is 4.31 Å². The van der Waals surface area contributed by atoms with Crippen molar-refractivity contribution in [2.24, 2.45) is 0 Å². The topological polar surface area (TPSA) is 85.0 Å². The van der Waals surface area contributed by atoms with Gasteiger partial charge in [-0.25, -0.2) is 13.2 Å². The quantitative estimate of drug-likeness (QED) is 0.663. The van der Waals surface area contributed by atoms with Crippen LogP contribution in [0.1, 0.15) is 12.8 Å². The standard InChI is InChI=1S/C14H29N5O3S/c1-17-7-8-18(2)13(11-17)10-16-14(20)15-9-12-5-4-6-19(12)23(3,21)22/h12-13H,4-11H2,1-3H3,(H2,15,16,20)/t12-,13?/m1/s1. The highest BCUT2D eigenvalue weighted by Crippen LogP contribution is 2.19. The second-order valence-electron chi connectivity index (χ2n) is 6.66. The molecule has 2 heterocycles. The van der Waals surface area contributed by atoms with Crippen molar-refractivity contribution in [3.63, 3.8) is 0 Å². The molecule has 0 radical (unpaired) electrons. The second kappa shape index (κ2) is 7.78. The van der Waals surface area contributed by atoms with Crippen LogP contribution in [-0.2, 0) is 10.0 Å². The summed E-state index contributed by atoms with van der Waals surface area (Å²) in [6.07, 6.45) is 2.87. The van der Waals surface area contributed by atoms with Crippen molar-refractivity contribution >= 4 is 16.1 Å². The van der Waals surface area contributed by atoms with Crippen LogP contribution in [0.2, 0.25) is 0 Å². The first kappa shape index (κ1) is 18.4. The zero-order chi connectivity index (χ0) is 17.0. The van der Waals surface area contributed by atoms with E-state index in [0.29, 0.717) is 25.7 Å². The van der Waals surface area contributed by atoms with Gasteiger partial charge in [-0.3, -0.25) is 4.90 Å². The second-order valence-corrected chi connectivity index (χ2v) is 8.59. The number of nitrogens with one attached hydrogen (secondary N) is 2. The van der Waals surface area contributed by atoms with Crippen LogP contribution in [0.3, 0.4) is 0 Å². The van der Waals surface area contributed by atoms with Gasteiger partial charge in [0, 0.05) is 51.4 Å². The summed E-state index contributed by atoms with van der Waals surface area (Å²) in [5.41, 5.74) is 0. The van der Waals surface area contributed by atoms with Crippen LogP contribution in [0, 0.1) is 0 Å². The van der Waals surface area contributed by atoms with E-state index in [-0.39, 0.29) is 12.1 Å². The van der Waals surface area contributed by atoms with Crippen molar-refractivity contribution in [2.45, 2.75) is 24.9 Å². The minimum atomic E-state index is -3.19. The van der Waals surface area contributed by atoms with E-state index in [9.17, 15) is 13.2 Å². The molecule has 0 aromatic carbocycles. The smallest absolute Gasteiger partial charge is 0.314 e. The summed E-state index contributed by atoms with van der Waals surface area (Å²) in [4.78, 5) is 16.5. The number of likely N-dealkylation sites (N-methyl/N-ethyl adjacent to an activating group) is 2. The molecule has 0 saturated carbocycles. The summed E-state index contributed by atoms with van der Waals surface area (Å²) >= 11 is 0. The van der Waals surface area contributed by atoms with Crippen LogP contribution in [0.15, 0.2) is 0 Å². The van der Waals surface area contributed by atoms with E-state index in [1.165, 1.54) is 10.6 Å². The first-order valence-electron chi connectivity index (χ1n) is 8.14. The van der Waals surface area contributed by atoms with Gasteiger partial charge in [0.15, 0.2) is 0 Å². The average Bonchev–Trinajstić information content (AvgIpc) is 2.94. The van der Waals surface area contributed by atoms with Gasteiger partial charge >= 0.3 is 6.03 Å². The lowest BCUT2D eigenvalue weighted by atomic mass is 10.2. The van der Waals surface area contributed by atoms with Gasteiger partial charge < -0.3 is 15.5 Å². The third-order valence-electron chi connectivity index (χ3n) is 4.73. The fraction of sp³-hybridized carbons (Fsp3) is 0.929. The Morgan fingerprint density at radius 2 is 1.74 bits per heavy atom. The van der Waals surface area contributed by atoms with E-state index in [1.54, 1.807) is 0 Å². The fourth-order valence-corrected chi connectivity index (χ4v) is 4.44. The Balaban J connectivity index is 1.73. The van der Waals surface area contributed by atoms with E-state index < -0.39 is 10.0 Å². The number of amides is 2. The summed E-state index contributed by atoms with van der Waals surface area (Å²) in [6, 6.07) is -0.0512. The van der Waals surface area contributed by atoms with E-state index >= 15 is 0 Å². The Hall–Kier alpha value is -0.900. The minimum Gasteiger partial charge on any atom is -0.337 e. The first-order chi connectivity index (χ1) is 10.8. The number of hydrogen-bond acceptors (Lipinski definition) is 5. The molecule has 0 bridgehead atoms. The molecule has 2 rings (SSSR count). The highest BCUT2D eigenvalue weighted by molar-refractivity contribution is 7.88. The fourth-order valence-electron chi connectivity index (χ4n) is 3.26. The van der Waals surface area contributed by atoms with Crippen molar-refractivity contribution in [2.75, 3.05) is 59.6 Å². The summed E-state index contributed by atoms with van der Waals surface area (Å²) in [6.45, 7) is 4.47. The molecule has 2 saturated heterocycles. The largest absolute Gasteiger partial charge is 0.337 e. The van der Waals surface area contributed by atoms with E-state index in [0.717, 1.165) is 32.5 Å². The molecule has 0 spiro atoms. The summed E-state index contributed by atoms with van der Waals surface area (Å²) in [7, 11) is 0.959. The molecule has 2 atom stereocenters. The Bertz CT molecular complexity index is 513. The van der Waals surface area contributed by atoms with Gasteiger partial charge in [0.05, 0.1) is 6.26 Å². The summed E-state index contributed by atoms with van der Waals surface area (Å²) in [5, 5.41) is 5.70. The highest BCUT2D eigenvalue weighted by Gasteiger charge is 2.31. The number of carbonyl (C=O) groups excluding carboxylic acids is 1. The molecule has 2 amide bonds. The molecule has 2 N–H and O–H groups in total. The van der Waals surface area contributed by atoms with Gasteiger partial charge in [-0.15, -0.1) is 0 Å². The molecular formula is C14H29N5O3S. The molecule has 9 heteroatoms. The van der Waals surface area contributed by atoms with Crippen LogP contribution in [-0.4, -0.2) is 100 Å². The molecule has 2 aliphatic rings. The number of urea groups is 1.